The second kappa shape index (κ2) is 6.48. The topological polar surface area (TPSA) is 68.0 Å². The molecule has 2 heterocycles. The van der Waals surface area contributed by atoms with Crippen molar-refractivity contribution in [3.05, 3.63) is 50.6 Å². The summed E-state index contributed by atoms with van der Waals surface area (Å²) in [6, 6.07) is 10.7. The molecule has 8 heteroatoms. The Balaban J connectivity index is 1.69. The Labute approximate surface area is 139 Å². The number of anilines is 1. The molecule has 0 aliphatic heterocycles. The van der Waals surface area contributed by atoms with Gasteiger partial charge in [0.15, 0.2) is 0 Å². The van der Waals surface area contributed by atoms with Crippen LogP contribution in [0, 0.1) is 0 Å². The third-order valence-corrected chi connectivity index (χ3v) is 4.30. The monoisotopic (exact) mass is 353 g/mol. The summed E-state index contributed by atoms with van der Waals surface area (Å²) in [4.78, 5) is 12.8. The Hall–Kier alpha value is -1.89. The molecule has 22 heavy (non-hydrogen) atoms. The summed E-state index contributed by atoms with van der Waals surface area (Å²) in [5.41, 5.74) is 0.613. The zero-order valence-corrected chi connectivity index (χ0v) is 13.4. The maximum Gasteiger partial charge on any atom is 0.322 e. The quantitative estimate of drug-likeness (QED) is 0.759. The van der Waals surface area contributed by atoms with Crippen molar-refractivity contribution in [2.45, 2.75) is 6.42 Å². The lowest BCUT2D eigenvalue weighted by Gasteiger charge is -1.99. The predicted molar refractivity (Wildman–Crippen MR) is 86.4 cm³/mol. The van der Waals surface area contributed by atoms with Crippen LogP contribution in [-0.4, -0.2) is 16.1 Å². The number of amides is 1. The number of benzene rings is 1. The summed E-state index contributed by atoms with van der Waals surface area (Å²) < 4.78 is 6.04. The number of carbonyl (C=O) groups is 1. The van der Waals surface area contributed by atoms with Crippen molar-refractivity contribution in [3.63, 3.8) is 0 Å². The number of nitrogens with zero attached hydrogens (tertiary/aromatic N) is 2. The zero-order valence-electron chi connectivity index (χ0n) is 11.0. The molecule has 0 radical (unpaired) electrons. The molecule has 2 aromatic heterocycles. The number of rotatable bonds is 4. The first-order valence-corrected chi connectivity index (χ1v) is 7.81. The van der Waals surface area contributed by atoms with Gasteiger partial charge in [-0.3, -0.25) is 10.1 Å². The summed E-state index contributed by atoms with van der Waals surface area (Å²) in [6.45, 7) is 0. The van der Waals surface area contributed by atoms with E-state index in [0.717, 1.165) is 4.88 Å². The number of hydrogen-bond acceptors (Lipinski definition) is 5. The van der Waals surface area contributed by atoms with Crippen LogP contribution in [0.5, 0.6) is 0 Å². The first-order valence-electron chi connectivity index (χ1n) is 6.24. The zero-order chi connectivity index (χ0) is 15.5. The van der Waals surface area contributed by atoms with Gasteiger partial charge in [-0.25, -0.2) is 0 Å². The lowest BCUT2D eigenvalue weighted by molar-refractivity contribution is -0.115. The molecule has 0 aliphatic rings. The van der Waals surface area contributed by atoms with Gasteiger partial charge in [-0.15, -0.1) is 16.4 Å². The first kappa shape index (κ1) is 15.0. The first-order chi connectivity index (χ1) is 10.6. The Kier molecular flexibility index (Phi) is 4.42. The van der Waals surface area contributed by atoms with E-state index in [2.05, 4.69) is 15.5 Å². The molecule has 0 fully saturated rings. The number of hydrogen-bond donors (Lipinski definition) is 1. The fourth-order valence-electron chi connectivity index (χ4n) is 1.79. The summed E-state index contributed by atoms with van der Waals surface area (Å²) in [5.74, 6) is -0.00653. The van der Waals surface area contributed by atoms with Crippen LogP contribution >= 0.6 is 34.5 Å². The molecule has 1 N–H and O–H groups in total. The largest absolute Gasteiger partial charge is 0.403 e. The summed E-state index contributed by atoms with van der Waals surface area (Å²) in [5, 5.41) is 10.7. The Morgan fingerprint density at radius 2 is 2.00 bits per heavy atom. The van der Waals surface area contributed by atoms with E-state index < -0.39 is 0 Å². The van der Waals surface area contributed by atoms with Crippen LogP contribution in [0.3, 0.4) is 0 Å². The van der Waals surface area contributed by atoms with Gasteiger partial charge < -0.3 is 4.42 Å². The molecule has 0 atom stereocenters. The minimum atomic E-state index is -0.257. The Morgan fingerprint density at radius 3 is 2.73 bits per heavy atom. The van der Waals surface area contributed by atoms with E-state index in [1.165, 1.54) is 11.3 Å². The predicted octanol–water partition coefficient (Wildman–Crippen LogP) is 4.29. The van der Waals surface area contributed by atoms with Gasteiger partial charge in [0.2, 0.25) is 5.91 Å². The minimum Gasteiger partial charge on any atom is -0.403 e. The maximum absolute atomic E-state index is 11.9. The molecular weight excluding hydrogens is 345 g/mol. The molecule has 5 nitrogen and oxygen atoms in total. The normalized spacial score (nSPS) is 10.6. The van der Waals surface area contributed by atoms with Crippen LogP contribution in [-0.2, 0) is 11.2 Å². The molecule has 0 spiro atoms. The van der Waals surface area contributed by atoms with Crippen LogP contribution in [0.15, 0.2) is 40.8 Å². The van der Waals surface area contributed by atoms with Gasteiger partial charge in [0, 0.05) is 4.88 Å². The lowest BCUT2D eigenvalue weighted by Crippen LogP contribution is -2.13. The van der Waals surface area contributed by atoms with Crippen molar-refractivity contribution in [1.29, 1.82) is 0 Å². The number of carbonyl (C=O) groups excluding carboxylic acids is 1. The van der Waals surface area contributed by atoms with Crippen LogP contribution in [0.25, 0.3) is 11.5 Å². The van der Waals surface area contributed by atoms with E-state index in [1.54, 1.807) is 30.3 Å². The van der Waals surface area contributed by atoms with E-state index in [0.29, 0.717) is 14.9 Å². The number of aromatic nitrogens is 2. The van der Waals surface area contributed by atoms with E-state index in [9.17, 15) is 4.79 Å². The smallest absolute Gasteiger partial charge is 0.322 e. The van der Waals surface area contributed by atoms with E-state index in [-0.39, 0.29) is 24.2 Å². The molecule has 1 amide bonds. The Bertz CT molecular complexity index is 816. The molecule has 0 saturated carbocycles. The van der Waals surface area contributed by atoms with Crippen molar-refractivity contribution in [2.24, 2.45) is 0 Å². The third kappa shape index (κ3) is 3.47. The lowest BCUT2D eigenvalue weighted by atomic mass is 10.2. The van der Waals surface area contributed by atoms with Crippen molar-refractivity contribution in [2.75, 3.05) is 5.32 Å². The highest BCUT2D eigenvalue weighted by atomic mass is 35.5. The number of halogens is 2. The van der Waals surface area contributed by atoms with Crippen LogP contribution < -0.4 is 5.32 Å². The van der Waals surface area contributed by atoms with Gasteiger partial charge in [0.1, 0.15) is 0 Å². The molecule has 112 valence electrons. The fraction of sp³-hybridized carbons (Fsp3) is 0.0714. The molecule has 3 rings (SSSR count). The van der Waals surface area contributed by atoms with Gasteiger partial charge in [0.05, 0.1) is 21.3 Å². The minimum absolute atomic E-state index is 0.0302. The molecule has 3 aromatic rings. The van der Waals surface area contributed by atoms with Crippen molar-refractivity contribution in [3.8, 4) is 11.5 Å². The summed E-state index contributed by atoms with van der Waals surface area (Å²) in [7, 11) is 0. The van der Waals surface area contributed by atoms with Crippen LogP contribution in [0.4, 0.5) is 6.01 Å². The van der Waals surface area contributed by atoms with Crippen LogP contribution in [0.2, 0.25) is 9.36 Å². The molecule has 0 bridgehead atoms. The average molecular weight is 354 g/mol. The van der Waals surface area contributed by atoms with Crippen LogP contribution in [0.1, 0.15) is 4.88 Å². The average Bonchev–Trinajstić information content (AvgIpc) is 3.09. The standard InChI is InChI=1S/C14H9Cl2N3O2S/c15-10-4-2-1-3-9(10)13-18-19-14(21-13)17-12(20)7-8-5-6-11(16)22-8/h1-6H,7H2,(H,17,19,20). The summed E-state index contributed by atoms with van der Waals surface area (Å²) in [6.07, 6.45) is 0.196. The van der Waals surface area contributed by atoms with Crippen molar-refractivity contribution in [1.82, 2.24) is 10.2 Å². The number of thiophene rings is 1. The molecule has 1 aromatic carbocycles. The third-order valence-electron chi connectivity index (χ3n) is 2.74. The van der Waals surface area contributed by atoms with Crippen molar-refractivity contribution >= 4 is 46.5 Å². The highest BCUT2D eigenvalue weighted by Crippen LogP contribution is 2.27. The highest BCUT2D eigenvalue weighted by Gasteiger charge is 2.14. The van der Waals surface area contributed by atoms with E-state index >= 15 is 0 Å². The second-order valence-electron chi connectivity index (χ2n) is 4.32. The fourth-order valence-corrected chi connectivity index (χ4v) is 3.09. The van der Waals surface area contributed by atoms with Gasteiger partial charge in [0.25, 0.3) is 5.89 Å². The number of nitrogens with one attached hydrogen (secondary N) is 1. The van der Waals surface area contributed by atoms with E-state index in [4.69, 9.17) is 27.6 Å². The van der Waals surface area contributed by atoms with E-state index in [1.807, 2.05) is 6.07 Å². The van der Waals surface area contributed by atoms with Gasteiger partial charge >= 0.3 is 6.01 Å². The maximum atomic E-state index is 11.9. The van der Waals surface area contributed by atoms with Gasteiger partial charge in [-0.2, -0.15) is 0 Å². The molecule has 0 aliphatic carbocycles. The van der Waals surface area contributed by atoms with Gasteiger partial charge in [-0.05, 0) is 24.3 Å². The van der Waals surface area contributed by atoms with Crippen molar-refractivity contribution < 1.29 is 9.21 Å². The molecule has 0 unspecified atom stereocenters. The highest BCUT2D eigenvalue weighted by molar-refractivity contribution is 7.16. The summed E-state index contributed by atoms with van der Waals surface area (Å²) >= 11 is 13.2. The molecular formula is C14H9Cl2N3O2S. The van der Waals surface area contributed by atoms with Gasteiger partial charge in [-0.1, -0.05) is 40.4 Å². The Morgan fingerprint density at radius 1 is 1.18 bits per heavy atom. The SMILES string of the molecule is O=C(Cc1ccc(Cl)s1)Nc1nnc(-c2ccccc2Cl)o1. The second-order valence-corrected chi connectivity index (χ2v) is 6.53. The molecule has 0 saturated heterocycles.